The number of ether oxygens (including phenoxy) is 1. The fourth-order valence-corrected chi connectivity index (χ4v) is 4.21. The number of halogens is 1. The Kier molecular flexibility index (Phi) is 5.13. The average Bonchev–Trinajstić information content (AvgIpc) is 2.43. The average molecular weight is 379 g/mol. The summed E-state index contributed by atoms with van der Waals surface area (Å²) >= 11 is 3.24. The van der Waals surface area contributed by atoms with Crippen LogP contribution in [-0.2, 0) is 10.0 Å². The number of hydrogen-bond acceptors (Lipinski definition) is 5. The molecule has 1 aromatic carbocycles. The molecule has 0 unspecified atom stereocenters. The summed E-state index contributed by atoms with van der Waals surface area (Å²) in [5, 5.41) is 9.47. The Morgan fingerprint density at radius 1 is 1.33 bits per heavy atom. The van der Waals surface area contributed by atoms with E-state index in [-0.39, 0.29) is 22.8 Å². The van der Waals surface area contributed by atoms with Gasteiger partial charge in [-0.15, -0.1) is 0 Å². The maximum absolute atomic E-state index is 12.5. The quantitative estimate of drug-likeness (QED) is 0.690. The topological polar surface area (TPSA) is 102 Å². The zero-order chi connectivity index (χ0) is 15.6. The van der Waals surface area contributed by atoms with Crippen LogP contribution >= 0.6 is 15.9 Å². The van der Waals surface area contributed by atoms with Crippen molar-refractivity contribution in [3.05, 3.63) is 16.6 Å². The Morgan fingerprint density at radius 2 is 1.95 bits per heavy atom. The zero-order valence-corrected chi connectivity index (χ0v) is 14.1. The van der Waals surface area contributed by atoms with Gasteiger partial charge >= 0.3 is 0 Å². The maximum atomic E-state index is 12.5. The van der Waals surface area contributed by atoms with Crippen molar-refractivity contribution in [2.24, 2.45) is 0 Å². The van der Waals surface area contributed by atoms with E-state index in [0.717, 1.165) is 0 Å². The molecule has 0 heterocycles. The standard InChI is InChI=1S/C13H19BrN2O4S/c1-20-12-6-10(14)11(15)7-13(12)21(18,19)16-8-2-4-9(17)5-3-8/h6-9,16-17H,2-5,15H2,1H3. The van der Waals surface area contributed by atoms with Gasteiger partial charge in [-0.05, 0) is 53.7 Å². The number of sulfonamides is 1. The summed E-state index contributed by atoms with van der Waals surface area (Å²) in [5.74, 6) is 0.236. The molecule has 1 aliphatic carbocycles. The molecule has 1 aliphatic rings. The smallest absolute Gasteiger partial charge is 0.244 e. The van der Waals surface area contributed by atoms with Gasteiger partial charge in [0, 0.05) is 16.2 Å². The van der Waals surface area contributed by atoms with Gasteiger partial charge in [0.05, 0.1) is 13.2 Å². The monoisotopic (exact) mass is 378 g/mol. The first-order chi connectivity index (χ1) is 9.83. The van der Waals surface area contributed by atoms with E-state index in [1.165, 1.54) is 19.2 Å². The summed E-state index contributed by atoms with van der Waals surface area (Å²) in [5.41, 5.74) is 6.09. The number of methoxy groups -OCH3 is 1. The van der Waals surface area contributed by atoms with E-state index >= 15 is 0 Å². The summed E-state index contributed by atoms with van der Waals surface area (Å²) in [6, 6.07) is 2.74. The van der Waals surface area contributed by atoms with E-state index in [0.29, 0.717) is 35.8 Å². The third-order valence-electron chi connectivity index (χ3n) is 3.59. The summed E-state index contributed by atoms with van der Waals surface area (Å²) in [4.78, 5) is 0.0248. The van der Waals surface area contributed by atoms with Crippen LogP contribution in [0, 0.1) is 0 Å². The number of rotatable bonds is 4. The molecule has 0 radical (unpaired) electrons. The van der Waals surface area contributed by atoms with Crippen LogP contribution in [0.5, 0.6) is 5.75 Å². The number of nitrogens with one attached hydrogen (secondary N) is 1. The summed E-state index contributed by atoms with van der Waals surface area (Å²) < 4.78 is 33.4. The minimum atomic E-state index is -3.72. The lowest BCUT2D eigenvalue weighted by atomic mass is 9.94. The van der Waals surface area contributed by atoms with Crippen LogP contribution in [0.2, 0.25) is 0 Å². The minimum Gasteiger partial charge on any atom is -0.495 e. The van der Waals surface area contributed by atoms with Crippen molar-refractivity contribution in [2.45, 2.75) is 42.7 Å². The lowest BCUT2D eigenvalue weighted by Crippen LogP contribution is -2.38. The van der Waals surface area contributed by atoms with E-state index in [4.69, 9.17) is 10.5 Å². The van der Waals surface area contributed by atoms with Crippen molar-refractivity contribution in [1.29, 1.82) is 0 Å². The van der Waals surface area contributed by atoms with Crippen molar-refractivity contribution < 1.29 is 18.3 Å². The van der Waals surface area contributed by atoms with Crippen molar-refractivity contribution in [1.82, 2.24) is 4.72 Å². The van der Waals surface area contributed by atoms with Crippen molar-refractivity contribution >= 4 is 31.6 Å². The molecule has 0 aliphatic heterocycles. The van der Waals surface area contributed by atoms with Gasteiger partial charge in [0.1, 0.15) is 10.6 Å². The maximum Gasteiger partial charge on any atom is 0.244 e. The molecule has 1 fully saturated rings. The number of nitrogen functional groups attached to an aromatic ring is 1. The van der Waals surface area contributed by atoms with Crippen LogP contribution in [0.25, 0.3) is 0 Å². The van der Waals surface area contributed by atoms with Crippen LogP contribution in [0.3, 0.4) is 0 Å². The third kappa shape index (κ3) is 3.88. The van der Waals surface area contributed by atoms with E-state index in [1.54, 1.807) is 0 Å². The molecule has 6 nitrogen and oxygen atoms in total. The highest BCUT2D eigenvalue weighted by Gasteiger charge is 2.27. The second-order valence-corrected chi connectivity index (χ2v) is 7.69. The number of hydrogen-bond donors (Lipinski definition) is 3. The van der Waals surface area contributed by atoms with Gasteiger partial charge in [0.15, 0.2) is 0 Å². The lowest BCUT2D eigenvalue weighted by molar-refractivity contribution is 0.120. The lowest BCUT2D eigenvalue weighted by Gasteiger charge is -2.26. The van der Waals surface area contributed by atoms with Crippen LogP contribution in [-0.4, -0.2) is 32.8 Å². The van der Waals surface area contributed by atoms with Crippen LogP contribution < -0.4 is 15.2 Å². The Balaban J connectivity index is 2.25. The van der Waals surface area contributed by atoms with Crippen molar-refractivity contribution in [3.8, 4) is 5.75 Å². The van der Waals surface area contributed by atoms with Gasteiger partial charge in [0.25, 0.3) is 0 Å². The van der Waals surface area contributed by atoms with E-state index < -0.39 is 10.0 Å². The molecule has 0 spiro atoms. The second kappa shape index (κ2) is 6.51. The Morgan fingerprint density at radius 3 is 2.52 bits per heavy atom. The highest BCUT2D eigenvalue weighted by molar-refractivity contribution is 9.10. The first-order valence-electron chi connectivity index (χ1n) is 6.67. The molecular formula is C13H19BrN2O4S. The number of nitrogens with two attached hydrogens (primary N) is 1. The molecule has 0 saturated heterocycles. The molecule has 0 aromatic heterocycles. The molecule has 0 atom stereocenters. The Labute approximate surface area is 132 Å². The fraction of sp³-hybridized carbons (Fsp3) is 0.538. The molecule has 1 aromatic rings. The Bertz CT molecular complexity index is 613. The van der Waals surface area contributed by atoms with Gasteiger partial charge in [0.2, 0.25) is 10.0 Å². The molecule has 4 N–H and O–H groups in total. The van der Waals surface area contributed by atoms with Crippen molar-refractivity contribution in [2.75, 3.05) is 12.8 Å². The highest BCUT2D eigenvalue weighted by atomic mass is 79.9. The molecule has 0 bridgehead atoms. The van der Waals surface area contributed by atoms with Crippen molar-refractivity contribution in [3.63, 3.8) is 0 Å². The molecule has 0 amide bonds. The van der Waals surface area contributed by atoms with Gasteiger partial charge in [-0.2, -0.15) is 0 Å². The van der Waals surface area contributed by atoms with Crippen LogP contribution in [0.1, 0.15) is 25.7 Å². The van der Waals surface area contributed by atoms with Gasteiger partial charge in [-0.25, -0.2) is 13.1 Å². The molecular weight excluding hydrogens is 360 g/mol. The zero-order valence-electron chi connectivity index (χ0n) is 11.7. The van der Waals surface area contributed by atoms with E-state index in [2.05, 4.69) is 20.7 Å². The predicted molar refractivity (Wildman–Crippen MR) is 83.7 cm³/mol. The minimum absolute atomic E-state index is 0.0248. The first-order valence-corrected chi connectivity index (χ1v) is 8.94. The molecule has 2 rings (SSSR count). The SMILES string of the molecule is COc1cc(Br)c(N)cc1S(=O)(=O)NC1CCC(O)CC1. The number of benzene rings is 1. The summed E-state index contributed by atoms with van der Waals surface area (Å²) in [6.45, 7) is 0. The van der Waals surface area contributed by atoms with Gasteiger partial charge in [-0.1, -0.05) is 0 Å². The Hall–Kier alpha value is -0.830. The first kappa shape index (κ1) is 16.5. The highest BCUT2D eigenvalue weighted by Crippen LogP contribution is 2.32. The predicted octanol–water partition coefficient (Wildman–Crippen LogP) is 1.62. The van der Waals surface area contributed by atoms with Crippen LogP contribution in [0.4, 0.5) is 5.69 Å². The largest absolute Gasteiger partial charge is 0.495 e. The third-order valence-corrected chi connectivity index (χ3v) is 5.82. The number of anilines is 1. The van der Waals surface area contributed by atoms with Gasteiger partial charge in [-0.3, -0.25) is 0 Å². The molecule has 1 saturated carbocycles. The molecule has 118 valence electrons. The fourth-order valence-electron chi connectivity index (χ4n) is 2.40. The normalized spacial score (nSPS) is 23.0. The van der Waals surface area contributed by atoms with Gasteiger partial charge < -0.3 is 15.6 Å². The number of aliphatic hydroxyl groups excluding tert-OH is 1. The molecule has 21 heavy (non-hydrogen) atoms. The summed E-state index contributed by atoms with van der Waals surface area (Å²) in [7, 11) is -2.31. The summed E-state index contributed by atoms with van der Waals surface area (Å²) in [6.07, 6.45) is 2.12. The van der Waals surface area contributed by atoms with Crippen LogP contribution in [0.15, 0.2) is 21.5 Å². The van der Waals surface area contributed by atoms with E-state index in [9.17, 15) is 13.5 Å². The second-order valence-electron chi connectivity index (χ2n) is 5.15. The van der Waals surface area contributed by atoms with E-state index in [1.807, 2.05) is 0 Å². The number of aliphatic hydroxyl groups is 1. The molecule has 8 heteroatoms.